The second-order valence-corrected chi connectivity index (χ2v) is 4.18. The third-order valence-electron chi connectivity index (χ3n) is 2.94. The van der Waals surface area contributed by atoms with Crippen molar-refractivity contribution >= 4 is 12.0 Å². The van der Waals surface area contributed by atoms with Gasteiger partial charge >= 0.3 is 0 Å². The lowest BCUT2D eigenvalue weighted by atomic mass is 10.1. The van der Waals surface area contributed by atoms with E-state index in [1.54, 1.807) is 0 Å². The minimum atomic E-state index is -0.0176. The summed E-state index contributed by atoms with van der Waals surface area (Å²) in [4.78, 5) is 15.6. The van der Waals surface area contributed by atoms with Crippen LogP contribution in [-0.4, -0.2) is 17.1 Å². The second-order valence-electron chi connectivity index (χ2n) is 4.18. The summed E-state index contributed by atoms with van der Waals surface area (Å²) in [6, 6.07) is 7.99. The van der Waals surface area contributed by atoms with Gasteiger partial charge in [-0.3, -0.25) is 9.79 Å². The van der Waals surface area contributed by atoms with E-state index < -0.39 is 0 Å². The molecule has 0 bridgehead atoms. The molecule has 3 nitrogen and oxygen atoms in total. The van der Waals surface area contributed by atoms with Crippen molar-refractivity contribution in [2.24, 2.45) is 4.99 Å². The summed E-state index contributed by atoms with van der Waals surface area (Å²) in [5.74, 6) is 0.152. The second kappa shape index (κ2) is 4.95. The Morgan fingerprint density at radius 3 is 2.76 bits per heavy atom. The molecule has 0 aromatic heterocycles. The molecule has 1 N–H and O–H groups in total. The predicted molar refractivity (Wildman–Crippen MR) is 67.3 cm³/mol. The Kier molecular flexibility index (Phi) is 3.38. The lowest BCUT2D eigenvalue weighted by Gasteiger charge is -2.00. The van der Waals surface area contributed by atoms with Crippen molar-refractivity contribution in [1.82, 2.24) is 0 Å². The normalized spacial score (nSPS) is 16.2. The number of ketones is 1. The zero-order valence-electron chi connectivity index (χ0n) is 9.81. The van der Waals surface area contributed by atoms with Crippen LogP contribution in [0.2, 0.25) is 0 Å². The van der Waals surface area contributed by atoms with Gasteiger partial charge < -0.3 is 5.11 Å². The van der Waals surface area contributed by atoms with Gasteiger partial charge in [0.05, 0.1) is 12.1 Å². The number of carbonyl (C=O) groups excluding carboxylic acids is 1. The van der Waals surface area contributed by atoms with E-state index in [9.17, 15) is 9.90 Å². The van der Waals surface area contributed by atoms with Gasteiger partial charge in [-0.15, -0.1) is 0 Å². The number of aryl methyl sites for hydroxylation is 1. The number of hydrogen-bond donors (Lipinski definition) is 1. The van der Waals surface area contributed by atoms with Crippen LogP contribution in [-0.2, 0) is 11.3 Å². The van der Waals surface area contributed by atoms with Crippen molar-refractivity contribution in [3.05, 3.63) is 46.7 Å². The van der Waals surface area contributed by atoms with E-state index in [1.165, 1.54) is 11.8 Å². The first-order valence-electron chi connectivity index (χ1n) is 5.68. The van der Waals surface area contributed by atoms with Crippen LogP contribution in [0.4, 0.5) is 0 Å². The summed E-state index contributed by atoms with van der Waals surface area (Å²) < 4.78 is 0. The van der Waals surface area contributed by atoms with E-state index in [0.29, 0.717) is 25.0 Å². The maximum Gasteiger partial charge on any atom is 0.168 e. The van der Waals surface area contributed by atoms with Crippen LogP contribution >= 0.6 is 0 Å². The molecule has 0 spiro atoms. The van der Waals surface area contributed by atoms with Crippen LogP contribution in [0.1, 0.15) is 24.0 Å². The van der Waals surface area contributed by atoms with E-state index in [2.05, 4.69) is 4.99 Å². The molecule has 0 amide bonds. The van der Waals surface area contributed by atoms with Crippen molar-refractivity contribution in [2.45, 2.75) is 26.3 Å². The molecule has 0 saturated heterocycles. The Morgan fingerprint density at radius 2 is 2.12 bits per heavy atom. The third-order valence-corrected chi connectivity index (χ3v) is 2.94. The molecule has 3 heteroatoms. The molecule has 1 aliphatic carbocycles. The van der Waals surface area contributed by atoms with Crippen molar-refractivity contribution in [2.75, 3.05) is 0 Å². The fourth-order valence-electron chi connectivity index (χ4n) is 1.83. The summed E-state index contributed by atoms with van der Waals surface area (Å²) in [6.07, 6.45) is 2.35. The molecule has 0 heterocycles. The molecule has 17 heavy (non-hydrogen) atoms. The van der Waals surface area contributed by atoms with E-state index in [-0.39, 0.29) is 11.5 Å². The average molecular weight is 229 g/mol. The highest BCUT2D eigenvalue weighted by molar-refractivity contribution is 6.15. The molecule has 0 atom stereocenters. The van der Waals surface area contributed by atoms with Gasteiger partial charge in [-0.05, 0) is 18.1 Å². The summed E-state index contributed by atoms with van der Waals surface area (Å²) in [6.45, 7) is 2.57. The van der Waals surface area contributed by atoms with Gasteiger partial charge in [0.2, 0.25) is 0 Å². The first-order valence-corrected chi connectivity index (χ1v) is 5.68. The number of nitrogens with zero attached hydrogens (tertiary/aromatic N) is 1. The molecular weight excluding hydrogens is 214 g/mol. The zero-order valence-corrected chi connectivity index (χ0v) is 9.81. The van der Waals surface area contributed by atoms with Gasteiger partial charge in [-0.2, -0.15) is 0 Å². The van der Waals surface area contributed by atoms with Crippen LogP contribution in [0, 0.1) is 6.92 Å². The molecular formula is C14H15NO2. The summed E-state index contributed by atoms with van der Waals surface area (Å²) >= 11 is 0. The molecule has 0 unspecified atom stereocenters. The van der Waals surface area contributed by atoms with Gasteiger partial charge in [-0.1, -0.05) is 24.3 Å². The molecule has 0 radical (unpaired) electrons. The Hall–Kier alpha value is -1.90. The van der Waals surface area contributed by atoms with E-state index in [0.717, 1.165) is 5.56 Å². The Labute approximate surface area is 101 Å². The number of carbonyl (C=O) groups is 1. The van der Waals surface area contributed by atoms with Crippen molar-refractivity contribution < 1.29 is 9.90 Å². The number of benzene rings is 1. The highest BCUT2D eigenvalue weighted by Gasteiger charge is 2.20. The van der Waals surface area contributed by atoms with Crippen LogP contribution in [0.25, 0.3) is 0 Å². The van der Waals surface area contributed by atoms with Gasteiger partial charge in [0.1, 0.15) is 5.76 Å². The number of aliphatic imine (C=N–C) groups is 1. The molecule has 2 rings (SSSR count). The maximum atomic E-state index is 11.4. The highest BCUT2D eigenvalue weighted by Crippen LogP contribution is 2.19. The van der Waals surface area contributed by atoms with E-state index >= 15 is 0 Å². The summed E-state index contributed by atoms with van der Waals surface area (Å²) in [5.41, 5.74) is 2.69. The molecule has 1 aliphatic rings. The Bertz CT molecular complexity index is 501. The Balaban J connectivity index is 2.06. The molecule has 1 aromatic carbocycles. The van der Waals surface area contributed by atoms with Crippen LogP contribution < -0.4 is 0 Å². The standard InChI is InChI=1S/C14H15NO2/c1-10-4-2-3-5-11(10)8-15-9-12-13(16)6-7-14(12)17/h2-5,9,16H,6-8H2,1H3. The smallest absolute Gasteiger partial charge is 0.168 e. The lowest BCUT2D eigenvalue weighted by Crippen LogP contribution is -1.98. The number of aliphatic hydroxyl groups is 1. The molecule has 0 aliphatic heterocycles. The van der Waals surface area contributed by atoms with Crippen molar-refractivity contribution in [3.63, 3.8) is 0 Å². The van der Waals surface area contributed by atoms with Crippen LogP contribution in [0.3, 0.4) is 0 Å². The van der Waals surface area contributed by atoms with Gasteiger partial charge in [-0.25, -0.2) is 0 Å². The number of aliphatic hydroxyl groups excluding tert-OH is 1. The first kappa shape index (κ1) is 11.6. The fraction of sp³-hybridized carbons (Fsp3) is 0.286. The highest BCUT2D eigenvalue weighted by atomic mass is 16.3. The van der Waals surface area contributed by atoms with Crippen molar-refractivity contribution in [1.29, 1.82) is 0 Å². The van der Waals surface area contributed by atoms with Gasteiger partial charge in [0, 0.05) is 19.1 Å². The number of allylic oxidation sites excluding steroid dienone is 2. The van der Waals surface area contributed by atoms with E-state index in [4.69, 9.17) is 0 Å². The van der Waals surface area contributed by atoms with Crippen LogP contribution in [0.15, 0.2) is 40.6 Å². The lowest BCUT2D eigenvalue weighted by molar-refractivity contribution is -0.114. The van der Waals surface area contributed by atoms with Gasteiger partial charge in [0.25, 0.3) is 0 Å². The average Bonchev–Trinajstić information content (AvgIpc) is 2.63. The topological polar surface area (TPSA) is 49.7 Å². The quantitative estimate of drug-likeness (QED) is 0.810. The first-order chi connectivity index (χ1) is 8.18. The predicted octanol–water partition coefficient (Wildman–Crippen LogP) is 2.74. The monoisotopic (exact) mass is 229 g/mol. The third kappa shape index (κ3) is 2.61. The van der Waals surface area contributed by atoms with Crippen molar-refractivity contribution in [3.8, 4) is 0 Å². The SMILES string of the molecule is Cc1ccccc1CN=CC1=C(O)CCC1=O. The number of Topliss-reactive ketones (excluding diaryl/α,β-unsaturated/α-hetero) is 1. The molecule has 1 aromatic rings. The summed E-state index contributed by atoms with van der Waals surface area (Å²) in [7, 11) is 0. The Morgan fingerprint density at radius 1 is 1.35 bits per heavy atom. The summed E-state index contributed by atoms with van der Waals surface area (Å²) in [5, 5.41) is 9.48. The number of rotatable bonds is 3. The largest absolute Gasteiger partial charge is 0.511 e. The minimum Gasteiger partial charge on any atom is -0.511 e. The zero-order chi connectivity index (χ0) is 12.3. The fourth-order valence-corrected chi connectivity index (χ4v) is 1.83. The molecule has 0 saturated carbocycles. The minimum absolute atomic E-state index is 0.0176. The molecule has 0 fully saturated rings. The number of hydrogen-bond acceptors (Lipinski definition) is 3. The molecule has 88 valence electrons. The van der Waals surface area contributed by atoms with Crippen LogP contribution in [0.5, 0.6) is 0 Å². The van der Waals surface area contributed by atoms with E-state index in [1.807, 2.05) is 31.2 Å². The maximum absolute atomic E-state index is 11.4. The van der Waals surface area contributed by atoms with Gasteiger partial charge in [0.15, 0.2) is 5.78 Å².